The molecule has 6 nitrogen and oxygen atoms in total. The highest BCUT2D eigenvalue weighted by Gasteiger charge is 2.59. The van der Waals surface area contributed by atoms with Crippen LogP contribution in [0.2, 0.25) is 0 Å². The van der Waals surface area contributed by atoms with Gasteiger partial charge in [-0.05, 0) is 49.9 Å². The van der Waals surface area contributed by atoms with E-state index in [0.29, 0.717) is 25.3 Å². The average molecular weight is 389 g/mol. The maximum absolute atomic E-state index is 13.2. The summed E-state index contributed by atoms with van der Waals surface area (Å²) in [5, 5.41) is 15.4. The molecule has 0 spiro atoms. The number of nitrogens with zero attached hydrogens (tertiary/aromatic N) is 1. The summed E-state index contributed by atoms with van der Waals surface area (Å²) >= 11 is 0. The standard InChI is InChI=1S/C18H26F3N3O3/c19-18(20,21)13-8-22-1-2-24(13)9-14(25)23-15-11-3-10-4-12(15)7-17(5-10,6-11)16(26)27/h10-13,15,22H,1-9H2,(H,23,25)(H,26,27). The predicted octanol–water partition coefficient (Wildman–Crippen LogP) is 1.22. The van der Waals surface area contributed by atoms with Crippen molar-refractivity contribution in [3.05, 3.63) is 0 Å². The number of carbonyl (C=O) groups excluding carboxylic acids is 1. The minimum Gasteiger partial charge on any atom is -0.481 e. The zero-order valence-corrected chi connectivity index (χ0v) is 15.1. The van der Waals surface area contributed by atoms with Gasteiger partial charge in [0.25, 0.3) is 0 Å². The first kappa shape index (κ1) is 19.0. The molecular weight excluding hydrogens is 363 g/mol. The third-order valence-corrected chi connectivity index (χ3v) is 7.13. The lowest BCUT2D eigenvalue weighted by Gasteiger charge is -2.58. The Morgan fingerprint density at radius 3 is 2.44 bits per heavy atom. The van der Waals surface area contributed by atoms with E-state index in [0.717, 1.165) is 19.3 Å². The zero-order chi connectivity index (χ0) is 19.4. The number of nitrogens with one attached hydrogen (secondary N) is 2. The van der Waals surface area contributed by atoms with Crippen LogP contribution in [0, 0.1) is 23.2 Å². The molecule has 0 aromatic carbocycles. The Morgan fingerprint density at radius 2 is 1.85 bits per heavy atom. The molecule has 5 rings (SSSR count). The highest BCUT2D eigenvalue weighted by molar-refractivity contribution is 5.79. The molecule has 0 aromatic heterocycles. The molecule has 4 saturated carbocycles. The van der Waals surface area contributed by atoms with E-state index in [1.807, 2.05) is 0 Å². The number of amides is 1. The Balaban J connectivity index is 1.40. The number of carboxylic acids is 1. The highest BCUT2D eigenvalue weighted by Crippen LogP contribution is 2.60. The van der Waals surface area contributed by atoms with E-state index in [2.05, 4.69) is 10.6 Å². The average Bonchev–Trinajstić information content (AvgIpc) is 2.57. The van der Waals surface area contributed by atoms with Crippen molar-refractivity contribution in [2.75, 3.05) is 26.2 Å². The summed E-state index contributed by atoms with van der Waals surface area (Å²) in [6, 6.07) is -1.75. The second kappa shape index (κ2) is 6.62. The smallest absolute Gasteiger partial charge is 0.405 e. The van der Waals surface area contributed by atoms with Crippen LogP contribution in [-0.2, 0) is 9.59 Å². The fourth-order valence-electron chi connectivity index (χ4n) is 6.20. The van der Waals surface area contributed by atoms with Crippen molar-refractivity contribution in [3.8, 4) is 0 Å². The van der Waals surface area contributed by atoms with Crippen LogP contribution in [0.5, 0.6) is 0 Å². The first-order valence-electron chi connectivity index (χ1n) is 9.72. The lowest BCUT2D eigenvalue weighted by Crippen LogP contribution is -2.63. The van der Waals surface area contributed by atoms with E-state index >= 15 is 0 Å². The molecular formula is C18H26F3N3O3. The van der Waals surface area contributed by atoms with Gasteiger partial charge in [-0.25, -0.2) is 0 Å². The summed E-state index contributed by atoms with van der Waals surface area (Å²) in [5.74, 6) is -0.474. The Bertz CT molecular complexity index is 611. The number of hydrogen-bond donors (Lipinski definition) is 3. The maximum atomic E-state index is 13.2. The summed E-state index contributed by atoms with van der Waals surface area (Å²) < 4.78 is 39.6. The number of hydrogen-bond acceptors (Lipinski definition) is 4. The van der Waals surface area contributed by atoms with Crippen LogP contribution >= 0.6 is 0 Å². The van der Waals surface area contributed by atoms with Gasteiger partial charge >= 0.3 is 12.1 Å². The van der Waals surface area contributed by atoms with Crippen molar-refractivity contribution in [3.63, 3.8) is 0 Å². The largest absolute Gasteiger partial charge is 0.481 e. The van der Waals surface area contributed by atoms with Gasteiger partial charge in [0.2, 0.25) is 5.91 Å². The molecule has 27 heavy (non-hydrogen) atoms. The van der Waals surface area contributed by atoms with Gasteiger partial charge in [-0.3, -0.25) is 14.5 Å². The minimum absolute atomic E-state index is 0.103. The third-order valence-electron chi connectivity index (χ3n) is 7.13. The molecule has 5 fully saturated rings. The van der Waals surface area contributed by atoms with Gasteiger partial charge in [-0.1, -0.05) is 0 Å². The Kier molecular flexibility index (Phi) is 4.65. The first-order chi connectivity index (χ1) is 12.7. The van der Waals surface area contributed by atoms with E-state index in [1.165, 1.54) is 4.90 Å². The normalized spacial score (nSPS) is 41.5. The Labute approximate surface area is 155 Å². The monoisotopic (exact) mass is 389 g/mol. The molecule has 0 radical (unpaired) electrons. The van der Waals surface area contributed by atoms with E-state index in [9.17, 15) is 27.9 Å². The van der Waals surface area contributed by atoms with Crippen LogP contribution in [-0.4, -0.2) is 66.3 Å². The van der Waals surface area contributed by atoms with Crippen LogP contribution in [0.15, 0.2) is 0 Å². The van der Waals surface area contributed by atoms with Gasteiger partial charge in [-0.2, -0.15) is 13.2 Å². The number of alkyl halides is 3. The van der Waals surface area contributed by atoms with Crippen LogP contribution in [0.1, 0.15) is 32.1 Å². The van der Waals surface area contributed by atoms with Crippen molar-refractivity contribution in [2.45, 2.75) is 50.4 Å². The number of piperazine rings is 1. The zero-order valence-electron chi connectivity index (χ0n) is 15.1. The second-order valence-corrected chi connectivity index (χ2v) is 8.88. The molecule has 1 heterocycles. The second-order valence-electron chi connectivity index (χ2n) is 8.88. The summed E-state index contributed by atoms with van der Waals surface area (Å²) in [6.07, 6.45) is -0.684. The molecule has 9 heteroatoms. The van der Waals surface area contributed by atoms with Gasteiger partial charge in [-0.15, -0.1) is 0 Å². The van der Waals surface area contributed by atoms with E-state index in [4.69, 9.17) is 0 Å². The Hall–Kier alpha value is -1.35. The Morgan fingerprint density at radius 1 is 1.19 bits per heavy atom. The molecule has 1 aliphatic heterocycles. The topological polar surface area (TPSA) is 81.7 Å². The molecule has 3 atom stereocenters. The molecule has 1 saturated heterocycles. The molecule has 4 bridgehead atoms. The summed E-state index contributed by atoms with van der Waals surface area (Å²) in [5.41, 5.74) is -0.655. The first-order valence-corrected chi connectivity index (χ1v) is 9.72. The van der Waals surface area contributed by atoms with Gasteiger partial charge in [0.05, 0.1) is 12.0 Å². The minimum atomic E-state index is -4.37. The van der Waals surface area contributed by atoms with Crippen LogP contribution < -0.4 is 10.6 Å². The van der Waals surface area contributed by atoms with Crippen molar-refractivity contribution < 1.29 is 27.9 Å². The summed E-state index contributed by atoms with van der Waals surface area (Å²) in [7, 11) is 0. The van der Waals surface area contributed by atoms with E-state index in [-0.39, 0.29) is 43.4 Å². The fourth-order valence-corrected chi connectivity index (χ4v) is 6.20. The molecule has 1 amide bonds. The number of halogens is 3. The summed E-state index contributed by atoms with van der Waals surface area (Å²) in [6.45, 7) is 0.139. The van der Waals surface area contributed by atoms with Gasteiger partial charge < -0.3 is 15.7 Å². The highest BCUT2D eigenvalue weighted by atomic mass is 19.4. The van der Waals surface area contributed by atoms with E-state index < -0.39 is 23.6 Å². The molecule has 3 N–H and O–H groups in total. The van der Waals surface area contributed by atoms with Gasteiger partial charge in [0.15, 0.2) is 0 Å². The number of aliphatic carboxylic acids is 1. The number of carbonyl (C=O) groups is 2. The van der Waals surface area contributed by atoms with Crippen molar-refractivity contribution in [2.24, 2.45) is 23.2 Å². The van der Waals surface area contributed by atoms with Crippen LogP contribution in [0.4, 0.5) is 13.2 Å². The molecule has 4 aliphatic carbocycles. The SMILES string of the molecule is O=C(CN1CCNCC1C(F)(F)F)NC1C2CC3CC1CC(C(=O)O)(C3)C2. The van der Waals surface area contributed by atoms with Crippen molar-refractivity contribution >= 4 is 11.9 Å². The fraction of sp³-hybridized carbons (Fsp3) is 0.889. The molecule has 152 valence electrons. The van der Waals surface area contributed by atoms with Crippen molar-refractivity contribution in [1.82, 2.24) is 15.5 Å². The predicted molar refractivity (Wildman–Crippen MR) is 89.8 cm³/mol. The lowest BCUT2D eigenvalue weighted by molar-refractivity contribution is -0.187. The van der Waals surface area contributed by atoms with E-state index in [1.54, 1.807) is 0 Å². The van der Waals surface area contributed by atoms with Crippen LogP contribution in [0.3, 0.4) is 0 Å². The van der Waals surface area contributed by atoms with Gasteiger partial charge in [0.1, 0.15) is 6.04 Å². The molecule has 3 unspecified atom stereocenters. The maximum Gasteiger partial charge on any atom is 0.405 e. The van der Waals surface area contributed by atoms with Crippen molar-refractivity contribution in [1.29, 1.82) is 0 Å². The summed E-state index contributed by atoms with van der Waals surface area (Å²) in [4.78, 5) is 25.5. The molecule has 5 aliphatic rings. The third kappa shape index (κ3) is 3.44. The number of rotatable bonds is 4. The molecule has 0 aromatic rings. The van der Waals surface area contributed by atoms with Crippen LogP contribution in [0.25, 0.3) is 0 Å². The van der Waals surface area contributed by atoms with Gasteiger partial charge in [0, 0.05) is 25.7 Å². The number of carboxylic acid groups (broad SMARTS) is 1. The lowest BCUT2D eigenvalue weighted by atomic mass is 9.48. The quantitative estimate of drug-likeness (QED) is 0.674.